The van der Waals surface area contributed by atoms with E-state index in [4.69, 9.17) is 4.74 Å². The Hall–Kier alpha value is -2.58. The summed E-state index contributed by atoms with van der Waals surface area (Å²) in [6.07, 6.45) is 1.28. The molecule has 1 aliphatic heterocycles. The molecule has 0 bridgehead atoms. The summed E-state index contributed by atoms with van der Waals surface area (Å²) in [5.74, 6) is 0.526. The van der Waals surface area contributed by atoms with E-state index in [2.05, 4.69) is 0 Å². The summed E-state index contributed by atoms with van der Waals surface area (Å²) >= 11 is 0. The van der Waals surface area contributed by atoms with E-state index in [1.807, 2.05) is 32.0 Å². The Morgan fingerprint density at radius 1 is 1.00 bits per heavy atom. The van der Waals surface area contributed by atoms with Crippen LogP contribution in [0.4, 0.5) is 0 Å². The standard InChI is InChI=1S/C20H24N2O5S/c1-15-10-16(2)12-18(11-15)27-19-5-4-17(24)13-20(19)28(25,26)22-7-3-6-21(14-23)8-9-22/h4-5,10-14,24H,3,6-9H2,1-2H3. The van der Waals surface area contributed by atoms with Gasteiger partial charge in [0.2, 0.25) is 16.4 Å². The predicted molar refractivity (Wildman–Crippen MR) is 105 cm³/mol. The number of hydrogen-bond acceptors (Lipinski definition) is 5. The van der Waals surface area contributed by atoms with Crippen LogP contribution in [0.15, 0.2) is 41.3 Å². The summed E-state index contributed by atoms with van der Waals surface area (Å²) in [5, 5.41) is 9.90. The van der Waals surface area contributed by atoms with E-state index in [1.54, 1.807) is 4.90 Å². The Bertz CT molecular complexity index is 954. The number of aromatic hydroxyl groups is 1. The maximum absolute atomic E-state index is 13.3. The SMILES string of the molecule is Cc1cc(C)cc(Oc2ccc(O)cc2S(=O)(=O)N2CCCN(C=O)CC2)c1. The number of aryl methyl sites for hydroxylation is 2. The molecule has 28 heavy (non-hydrogen) atoms. The summed E-state index contributed by atoms with van der Waals surface area (Å²) in [4.78, 5) is 12.5. The Balaban J connectivity index is 1.96. The highest BCUT2D eigenvalue weighted by molar-refractivity contribution is 7.89. The van der Waals surface area contributed by atoms with Crippen molar-refractivity contribution in [1.29, 1.82) is 0 Å². The van der Waals surface area contributed by atoms with Gasteiger partial charge in [0.15, 0.2) is 0 Å². The molecule has 2 aromatic carbocycles. The molecule has 0 spiro atoms. The second kappa shape index (κ2) is 8.20. The van der Waals surface area contributed by atoms with Gasteiger partial charge in [-0.3, -0.25) is 4.79 Å². The molecule has 1 saturated heterocycles. The number of rotatable bonds is 5. The van der Waals surface area contributed by atoms with Crippen molar-refractivity contribution < 1.29 is 23.1 Å². The van der Waals surface area contributed by atoms with Gasteiger partial charge in [-0.1, -0.05) is 6.07 Å². The molecule has 0 atom stereocenters. The van der Waals surface area contributed by atoms with Gasteiger partial charge in [-0.15, -0.1) is 0 Å². The smallest absolute Gasteiger partial charge is 0.246 e. The van der Waals surface area contributed by atoms with Crippen molar-refractivity contribution in [3.63, 3.8) is 0 Å². The number of nitrogens with zero attached hydrogens (tertiary/aromatic N) is 2. The second-order valence-corrected chi connectivity index (χ2v) is 8.86. The zero-order valence-electron chi connectivity index (χ0n) is 16.0. The lowest BCUT2D eigenvalue weighted by Gasteiger charge is -2.22. The highest BCUT2D eigenvalue weighted by Gasteiger charge is 2.30. The number of phenolic OH excluding ortho intramolecular Hbond substituents is 1. The normalized spacial score (nSPS) is 15.9. The average molecular weight is 404 g/mol. The van der Waals surface area contributed by atoms with E-state index in [0.717, 1.165) is 17.5 Å². The monoisotopic (exact) mass is 404 g/mol. The zero-order valence-corrected chi connectivity index (χ0v) is 16.8. The Kier molecular flexibility index (Phi) is 5.90. The number of carbonyl (C=O) groups is 1. The van der Waals surface area contributed by atoms with Gasteiger partial charge in [0, 0.05) is 32.2 Å². The number of phenols is 1. The van der Waals surface area contributed by atoms with E-state index < -0.39 is 10.0 Å². The first kappa shape index (κ1) is 20.2. The first-order valence-corrected chi connectivity index (χ1v) is 10.5. The molecule has 3 rings (SSSR count). The zero-order chi connectivity index (χ0) is 20.3. The van der Waals surface area contributed by atoms with E-state index >= 15 is 0 Å². The molecule has 0 aromatic heterocycles. The fraction of sp³-hybridized carbons (Fsp3) is 0.350. The van der Waals surface area contributed by atoms with Gasteiger partial charge in [0.05, 0.1) is 0 Å². The van der Waals surface area contributed by atoms with Crippen LogP contribution in [0.25, 0.3) is 0 Å². The number of ether oxygens (including phenoxy) is 1. The minimum Gasteiger partial charge on any atom is -0.508 e. The van der Waals surface area contributed by atoms with Gasteiger partial charge >= 0.3 is 0 Å². The van der Waals surface area contributed by atoms with Crippen LogP contribution < -0.4 is 4.74 Å². The van der Waals surface area contributed by atoms with Gasteiger partial charge in [0.25, 0.3) is 0 Å². The molecule has 1 N–H and O–H groups in total. The van der Waals surface area contributed by atoms with E-state index in [1.165, 1.54) is 22.5 Å². The molecule has 0 radical (unpaired) electrons. The molecule has 1 aliphatic rings. The van der Waals surface area contributed by atoms with Crippen molar-refractivity contribution in [1.82, 2.24) is 9.21 Å². The van der Waals surface area contributed by atoms with Crippen LogP contribution in [0.2, 0.25) is 0 Å². The maximum atomic E-state index is 13.3. The molecule has 2 aromatic rings. The lowest BCUT2D eigenvalue weighted by molar-refractivity contribution is -0.118. The predicted octanol–water partition coefficient (Wildman–Crippen LogP) is 2.65. The van der Waals surface area contributed by atoms with Gasteiger partial charge in [-0.25, -0.2) is 8.42 Å². The van der Waals surface area contributed by atoms with Gasteiger partial charge < -0.3 is 14.7 Å². The first-order chi connectivity index (χ1) is 13.3. The first-order valence-electron chi connectivity index (χ1n) is 9.08. The van der Waals surface area contributed by atoms with E-state index in [-0.39, 0.29) is 22.9 Å². The van der Waals surface area contributed by atoms with Crippen molar-refractivity contribution in [2.24, 2.45) is 0 Å². The number of hydrogen-bond donors (Lipinski definition) is 1. The Morgan fingerprint density at radius 3 is 2.39 bits per heavy atom. The van der Waals surface area contributed by atoms with Crippen LogP contribution in [0.5, 0.6) is 17.2 Å². The molecule has 7 nitrogen and oxygen atoms in total. The van der Waals surface area contributed by atoms with Crippen LogP contribution in [-0.4, -0.2) is 55.3 Å². The van der Waals surface area contributed by atoms with Crippen molar-refractivity contribution in [3.8, 4) is 17.2 Å². The molecule has 0 saturated carbocycles. The second-order valence-electron chi connectivity index (χ2n) is 6.96. The minimum absolute atomic E-state index is 0.0915. The summed E-state index contributed by atoms with van der Waals surface area (Å²) < 4.78 is 33.7. The molecule has 0 unspecified atom stereocenters. The van der Waals surface area contributed by atoms with Gasteiger partial charge in [-0.2, -0.15) is 4.31 Å². The summed E-state index contributed by atoms with van der Waals surface area (Å²) in [7, 11) is -3.90. The molecule has 8 heteroatoms. The number of sulfonamides is 1. The van der Waals surface area contributed by atoms with Gasteiger partial charge in [0.1, 0.15) is 22.1 Å². The number of benzene rings is 2. The molecule has 1 amide bonds. The van der Waals surface area contributed by atoms with E-state index in [0.29, 0.717) is 31.8 Å². The summed E-state index contributed by atoms with van der Waals surface area (Å²) in [5.41, 5.74) is 2.00. The summed E-state index contributed by atoms with van der Waals surface area (Å²) in [6.45, 7) is 5.20. The highest BCUT2D eigenvalue weighted by Crippen LogP contribution is 2.34. The Morgan fingerprint density at radius 2 is 1.71 bits per heavy atom. The minimum atomic E-state index is -3.90. The molecular formula is C20H24N2O5S. The highest BCUT2D eigenvalue weighted by atomic mass is 32.2. The number of carbonyl (C=O) groups excluding carboxylic acids is 1. The van der Waals surface area contributed by atoms with Gasteiger partial charge in [-0.05, 0) is 55.7 Å². The molecular weight excluding hydrogens is 380 g/mol. The molecule has 0 aliphatic carbocycles. The van der Waals surface area contributed by atoms with Crippen LogP contribution in [-0.2, 0) is 14.8 Å². The fourth-order valence-corrected chi connectivity index (χ4v) is 4.90. The summed E-state index contributed by atoms with van der Waals surface area (Å²) in [6, 6.07) is 9.70. The topological polar surface area (TPSA) is 87.2 Å². The van der Waals surface area contributed by atoms with Crippen LogP contribution in [0.1, 0.15) is 17.5 Å². The quantitative estimate of drug-likeness (QED) is 0.774. The third-order valence-electron chi connectivity index (χ3n) is 4.61. The Labute approximate surface area is 165 Å². The molecule has 1 heterocycles. The third-order valence-corrected chi connectivity index (χ3v) is 6.53. The van der Waals surface area contributed by atoms with Crippen LogP contribution >= 0.6 is 0 Å². The molecule has 1 fully saturated rings. The van der Waals surface area contributed by atoms with Crippen LogP contribution in [0, 0.1) is 13.8 Å². The lowest BCUT2D eigenvalue weighted by Crippen LogP contribution is -2.35. The maximum Gasteiger partial charge on any atom is 0.246 e. The van der Waals surface area contributed by atoms with Crippen LogP contribution in [0.3, 0.4) is 0 Å². The van der Waals surface area contributed by atoms with Crippen molar-refractivity contribution in [2.75, 3.05) is 26.2 Å². The average Bonchev–Trinajstić information content (AvgIpc) is 2.88. The van der Waals surface area contributed by atoms with E-state index in [9.17, 15) is 18.3 Å². The fourth-order valence-electron chi connectivity index (χ4n) is 3.30. The van der Waals surface area contributed by atoms with Crippen molar-refractivity contribution in [3.05, 3.63) is 47.5 Å². The van der Waals surface area contributed by atoms with Crippen molar-refractivity contribution in [2.45, 2.75) is 25.2 Å². The number of amides is 1. The molecule has 150 valence electrons. The largest absolute Gasteiger partial charge is 0.508 e. The third kappa shape index (κ3) is 4.45. The van der Waals surface area contributed by atoms with Crippen molar-refractivity contribution >= 4 is 16.4 Å². The lowest BCUT2D eigenvalue weighted by atomic mass is 10.1.